The van der Waals surface area contributed by atoms with Crippen molar-refractivity contribution in [1.29, 1.82) is 0 Å². The second-order valence-corrected chi connectivity index (χ2v) is 8.65. The molecule has 0 saturated carbocycles. The fourth-order valence-corrected chi connectivity index (χ4v) is 4.37. The number of carbonyl (C=O) groups is 1. The van der Waals surface area contributed by atoms with Gasteiger partial charge in [0.2, 0.25) is 0 Å². The monoisotopic (exact) mass is 449 g/mol. The van der Waals surface area contributed by atoms with Crippen LogP contribution in [0.4, 0.5) is 0 Å². The highest BCUT2D eigenvalue weighted by Crippen LogP contribution is 2.30. The number of hydrogen-bond acceptors (Lipinski definition) is 7. The number of aromatic nitrogens is 5. The van der Waals surface area contributed by atoms with Gasteiger partial charge in [-0.1, -0.05) is 42.0 Å². The van der Waals surface area contributed by atoms with Crippen molar-refractivity contribution < 1.29 is 14.6 Å². The van der Waals surface area contributed by atoms with Crippen LogP contribution in [0.2, 0.25) is 0 Å². The van der Waals surface area contributed by atoms with Crippen molar-refractivity contribution in [2.75, 3.05) is 0 Å². The van der Waals surface area contributed by atoms with Crippen molar-refractivity contribution in [3.63, 3.8) is 0 Å². The number of rotatable bonds is 8. The summed E-state index contributed by atoms with van der Waals surface area (Å²) >= 11 is 1.63. The lowest BCUT2D eigenvalue weighted by Gasteiger charge is -2.14. The summed E-state index contributed by atoms with van der Waals surface area (Å²) in [7, 11) is 1.70. The molecule has 2 aromatic heterocycles. The third-order valence-corrected chi connectivity index (χ3v) is 6.37. The minimum Gasteiger partial charge on any atom is -0.488 e. The summed E-state index contributed by atoms with van der Waals surface area (Å²) in [6, 6.07) is 15.7. The van der Waals surface area contributed by atoms with Crippen LogP contribution in [0.3, 0.4) is 0 Å². The molecule has 0 aliphatic heterocycles. The average molecular weight is 450 g/mol. The van der Waals surface area contributed by atoms with Crippen molar-refractivity contribution in [3.05, 3.63) is 76.1 Å². The number of nitrogens with zero attached hydrogens (tertiary/aromatic N) is 5. The van der Waals surface area contributed by atoms with Crippen LogP contribution >= 0.6 is 11.3 Å². The number of tetrazole rings is 1. The van der Waals surface area contributed by atoms with E-state index in [4.69, 9.17) is 4.74 Å². The molecule has 2 aromatic carbocycles. The minimum absolute atomic E-state index is 0.101. The number of thiazole rings is 1. The van der Waals surface area contributed by atoms with Crippen molar-refractivity contribution in [2.45, 2.75) is 32.8 Å². The van der Waals surface area contributed by atoms with Crippen LogP contribution in [0.25, 0.3) is 10.6 Å². The van der Waals surface area contributed by atoms with Crippen molar-refractivity contribution in [3.8, 4) is 16.3 Å². The highest BCUT2D eigenvalue weighted by Gasteiger charge is 2.23. The first-order chi connectivity index (χ1) is 15.4. The number of aliphatic carboxylic acids is 1. The first-order valence-electron chi connectivity index (χ1n) is 10.1. The summed E-state index contributed by atoms with van der Waals surface area (Å²) in [5.74, 6) is -0.153. The Morgan fingerprint density at radius 3 is 2.47 bits per heavy atom. The first-order valence-corrected chi connectivity index (χ1v) is 10.9. The predicted molar refractivity (Wildman–Crippen MR) is 121 cm³/mol. The molecule has 0 radical (unpaired) electrons. The highest BCUT2D eigenvalue weighted by molar-refractivity contribution is 7.15. The van der Waals surface area contributed by atoms with E-state index in [2.05, 4.69) is 51.7 Å². The molecule has 9 heteroatoms. The largest absolute Gasteiger partial charge is 0.488 e. The second kappa shape index (κ2) is 9.27. The van der Waals surface area contributed by atoms with E-state index in [9.17, 15) is 9.90 Å². The molecule has 0 spiro atoms. The lowest BCUT2D eigenvalue weighted by Crippen LogP contribution is -2.13. The van der Waals surface area contributed by atoms with Crippen molar-refractivity contribution in [1.82, 2.24) is 25.2 Å². The van der Waals surface area contributed by atoms with E-state index in [1.165, 1.54) is 10.2 Å². The Morgan fingerprint density at radius 2 is 1.84 bits per heavy atom. The summed E-state index contributed by atoms with van der Waals surface area (Å²) in [4.78, 5) is 17.1. The smallest absolute Gasteiger partial charge is 0.304 e. The Hall–Kier alpha value is -3.59. The molecule has 0 aliphatic rings. The van der Waals surface area contributed by atoms with Gasteiger partial charge in [-0.05, 0) is 42.0 Å². The Bertz CT molecular complexity index is 1220. The van der Waals surface area contributed by atoms with Gasteiger partial charge in [-0.2, -0.15) is 0 Å². The summed E-state index contributed by atoms with van der Waals surface area (Å²) in [6.45, 7) is 4.47. The lowest BCUT2D eigenvalue weighted by molar-refractivity contribution is -0.137. The Morgan fingerprint density at radius 1 is 1.12 bits per heavy atom. The van der Waals surface area contributed by atoms with Gasteiger partial charge in [0.25, 0.3) is 0 Å². The van der Waals surface area contributed by atoms with Gasteiger partial charge in [0, 0.05) is 12.6 Å². The van der Waals surface area contributed by atoms with E-state index in [1.807, 2.05) is 31.2 Å². The number of ether oxygens (including phenoxy) is 1. The van der Waals surface area contributed by atoms with Crippen LogP contribution in [0.15, 0.2) is 48.5 Å². The number of hydrogen-bond donors (Lipinski definition) is 1. The Kier molecular flexibility index (Phi) is 6.27. The SMILES string of the molecule is Cc1ccc(-c2nc(C)c(COc3ccc([C@H](CC(=O)O)c4nnnn4C)cc3)s2)cc1. The number of carboxylic acid groups (broad SMARTS) is 1. The fraction of sp³-hybridized carbons (Fsp3) is 0.261. The predicted octanol–water partition coefficient (Wildman–Crippen LogP) is 4.14. The summed E-state index contributed by atoms with van der Waals surface area (Å²) in [6.07, 6.45) is -0.101. The van der Waals surface area contributed by atoms with Crippen LogP contribution < -0.4 is 4.74 Å². The van der Waals surface area contributed by atoms with Gasteiger partial charge in [0.15, 0.2) is 5.82 Å². The van der Waals surface area contributed by atoms with Gasteiger partial charge < -0.3 is 9.84 Å². The Labute approximate surface area is 189 Å². The molecular weight excluding hydrogens is 426 g/mol. The van der Waals surface area contributed by atoms with Crippen LogP contribution in [0.5, 0.6) is 5.75 Å². The molecule has 4 rings (SSSR count). The molecule has 4 aromatic rings. The molecule has 1 atom stereocenters. The van der Waals surface area contributed by atoms with Crippen molar-refractivity contribution >= 4 is 17.3 Å². The molecule has 32 heavy (non-hydrogen) atoms. The van der Waals surface area contributed by atoms with Crippen LogP contribution in [-0.4, -0.2) is 36.3 Å². The maximum atomic E-state index is 11.4. The topological polar surface area (TPSA) is 103 Å². The van der Waals surface area contributed by atoms with Gasteiger partial charge >= 0.3 is 5.97 Å². The van der Waals surface area contributed by atoms with E-state index < -0.39 is 11.9 Å². The van der Waals surface area contributed by atoms with Gasteiger partial charge in [-0.15, -0.1) is 16.4 Å². The highest BCUT2D eigenvalue weighted by atomic mass is 32.1. The van der Waals surface area contributed by atoms with Crippen LogP contribution in [-0.2, 0) is 18.4 Å². The quantitative estimate of drug-likeness (QED) is 0.431. The summed E-state index contributed by atoms with van der Waals surface area (Å²) in [5, 5.41) is 21.7. The van der Waals surface area contributed by atoms with E-state index in [0.717, 1.165) is 26.7 Å². The molecule has 0 aliphatic carbocycles. The second-order valence-electron chi connectivity index (χ2n) is 7.56. The number of benzene rings is 2. The third-order valence-electron chi connectivity index (χ3n) is 5.19. The molecule has 0 saturated heterocycles. The van der Waals surface area contributed by atoms with Gasteiger partial charge in [0.05, 0.1) is 22.9 Å². The first kappa shape index (κ1) is 21.6. The molecular formula is C23H23N5O3S. The van der Waals surface area contributed by atoms with E-state index in [0.29, 0.717) is 18.2 Å². The van der Waals surface area contributed by atoms with Gasteiger partial charge in [0.1, 0.15) is 17.4 Å². The molecule has 164 valence electrons. The number of aryl methyl sites for hydroxylation is 3. The molecule has 8 nitrogen and oxygen atoms in total. The average Bonchev–Trinajstić information content (AvgIpc) is 3.36. The zero-order valence-corrected chi connectivity index (χ0v) is 18.8. The normalized spacial score (nSPS) is 12.0. The molecule has 1 N–H and O–H groups in total. The summed E-state index contributed by atoms with van der Waals surface area (Å²) in [5.41, 5.74) is 4.09. The van der Waals surface area contributed by atoms with Crippen molar-refractivity contribution in [2.24, 2.45) is 7.05 Å². The molecule has 0 bridgehead atoms. The van der Waals surface area contributed by atoms with Gasteiger partial charge in [-0.3, -0.25) is 4.79 Å². The zero-order chi connectivity index (χ0) is 22.7. The molecule has 0 fully saturated rings. The van der Waals surface area contributed by atoms with Crippen LogP contribution in [0.1, 0.15) is 39.9 Å². The maximum absolute atomic E-state index is 11.4. The molecule has 0 amide bonds. The molecule has 2 heterocycles. The lowest BCUT2D eigenvalue weighted by atomic mass is 9.95. The minimum atomic E-state index is -0.914. The third kappa shape index (κ3) is 4.83. The van der Waals surface area contributed by atoms with Crippen LogP contribution in [0, 0.1) is 13.8 Å². The zero-order valence-electron chi connectivity index (χ0n) is 18.0. The van der Waals surface area contributed by atoms with E-state index in [1.54, 1.807) is 18.4 Å². The Balaban J connectivity index is 1.46. The fourth-order valence-electron chi connectivity index (χ4n) is 3.39. The number of carboxylic acids is 1. The van der Waals surface area contributed by atoms with E-state index >= 15 is 0 Å². The van der Waals surface area contributed by atoms with Gasteiger partial charge in [-0.25, -0.2) is 9.67 Å². The molecule has 0 unspecified atom stereocenters. The van der Waals surface area contributed by atoms with E-state index in [-0.39, 0.29) is 6.42 Å². The summed E-state index contributed by atoms with van der Waals surface area (Å²) < 4.78 is 7.48. The maximum Gasteiger partial charge on any atom is 0.304 e. The standard InChI is InChI=1S/C23H23N5O3S/c1-14-4-6-17(7-5-14)23-24-15(2)20(32-23)13-31-18-10-8-16(9-11-18)19(12-21(29)30)22-25-26-27-28(22)3/h4-11,19H,12-13H2,1-3H3,(H,29,30)/t19-/m0/s1.